The Balaban J connectivity index is 2.99. The number of unbranched alkanes of at least 4 members (excludes halogenated alkanes) is 18. The first-order chi connectivity index (χ1) is 12.3. The summed E-state index contributed by atoms with van der Waals surface area (Å²) in [7, 11) is 0. The lowest BCUT2D eigenvalue weighted by Crippen LogP contribution is -2.29. The molecule has 0 aliphatic rings. The first-order valence-corrected chi connectivity index (χ1v) is 11.3. The minimum Gasteiger partial charge on any atom is -0.294 e. The summed E-state index contributed by atoms with van der Waals surface area (Å²) < 4.78 is 0. The molecule has 0 fully saturated rings. The highest BCUT2D eigenvalue weighted by molar-refractivity contribution is 5.74. The Labute approximate surface area is 157 Å². The van der Waals surface area contributed by atoms with E-state index in [1.165, 1.54) is 109 Å². The topological polar surface area (TPSA) is 55.1 Å². The van der Waals surface area contributed by atoms with E-state index in [9.17, 15) is 4.79 Å². The summed E-state index contributed by atoms with van der Waals surface area (Å²) in [6.07, 6.45) is 26.7. The molecule has 0 unspecified atom stereocenters. The molecule has 0 atom stereocenters. The highest BCUT2D eigenvalue weighted by atomic mass is 16.2. The SMILES string of the molecule is CCCCCCCCCCCCCCCCCCCCCC(=O)NN. The predicted molar refractivity (Wildman–Crippen MR) is 110 cm³/mol. The van der Waals surface area contributed by atoms with E-state index in [0.717, 1.165) is 12.8 Å². The normalized spacial score (nSPS) is 11.0. The van der Waals surface area contributed by atoms with Crippen LogP contribution in [0.2, 0.25) is 0 Å². The second-order valence-electron chi connectivity index (χ2n) is 7.68. The van der Waals surface area contributed by atoms with Crippen molar-refractivity contribution in [2.75, 3.05) is 0 Å². The summed E-state index contributed by atoms with van der Waals surface area (Å²) in [5, 5.41) is 0. The van der Waals surface area contributed by atoms with Crippen molar-refractivity contribution in [2.24, 2.45) is 5.84 Å². The lowest BCUT2D eigenvalue weighted by atomic mass is 10.0. The van der Waals surface area contributed by atoms with Crippen molar-refractivity contribution >= 4 is 5.91 Å². The van der Waals surface area contributed by atoms with Crippen LogP contribution < -0.4 is 11.3 Å². The zero-order chi connectivity index (χ0) is 18.4. The maximum atomic E-state index is 11.0. The molecule has 0 bridgehead atoms. The van der Waals surface area contributed by atoms with Gasteiger partial charge in [0.2, 0.25) is 5.91 Å². The largest absolute Gasteiger partial charge is 0.294 e. The number of nitrogens with two attached hydrogens (primary N) is 1. The average molecular weight is 355 g/mol. The van der Waals surface area contributed by atoms with Crippen LogP contribution in [0.15, 0.2) is 0 Å². The Morgan fingerprint density at radius 1 is 0.560 bits per heavy atom. The standard InChI is InChI=1S/C22H46N2O/c1-2-3-4-5-6-7-8-9-10-11-12-13-14-15-16-17-18-19-20-21-22(25)24-23/h2-21,23H2,1H3,(H,24,25). The van der Waals surface area contributed by atoms with Crippen LogP contribution in [0.3, 0.4) is 0 Å². The summed E-state index contributed by atoms with van der Waals surface area (Å²) in [6.45, 7) is 2.29. The van der Waals surface area contributed by atoms with Crippen LogP contribution >= 0.6 is 0 Å². The number of hydrogen-bond donors (Lipinski definition) is 2. The van der Waals surface area contributed by atoms with Crippen LogP contribution in [0.25, 0.3) is 0 Å². The maximum absolute atomic E-state index is 11.0. The van der Waals surface area contributed by atoms with Crippen molar-refractivity contribution in [3.05, 3.63) is 0 Å². The Kier molecular flexibility index (Phi) is 21.0. The van der Waals surface area contributed by atoms with Gasteiger partial charge in [-0.15, -0.1) is 0 Å². The molecule has 3 N–H and O–H groups in total. The van der Waals surface area contributed by atoms with Gasteiger partial charge in [-0.3, -0.25) is 10.2 Å². The minimum atomic E-state index is -0.0352. The Morgan fingerprint density at radius 2 is 0.840 bits per heavy atom. The number of rotatable bonds is 20. The molecule has 0 aromatic heterocycles. The van der Waals surface area contributed by atoms with Gasteiger partial charge in [0.25, 0.3) is 0 Å². The third kappa shape index (κ3) is 21.4. The van der Waals surface area contributed by atoms with Gasteiger partial charge in [0.15, 0.2) is 0 Å². The van der Waals surface area contributed by atoms with Crippen molar-refractivity contribution in [1.29, 1.82) is 0 Å². The zero-order valence-corrected chi connectivity index (χ0v) is 17.1. The molecule has 0 saturated carbocycles. The van der Waals surface area contributed by atoms with Crippen molar-refractivity contribution < 1.29 is 4.79 Å². The summed E-state index contributed by atoms with van der Waals surface area (Å²) in [5.41, 5.74) is 2.18. The molecule has 0 spiro atoms. The molecule has 0 aromatic rings. The number of carbonyl (C=O) groups is 1. The Bertz CT molecular complexity index is 269. The smallest absolute Gasteiger partial charge is 0.233 e. The molecule has 0 aliphatic carbocycles. The maximum Gasteiger partial charge on any atom is 0.233 e. The van der Waals surface area contributed by atoms with Crippen molar-refractivity contribution in [2.45, 2.75) is 135 Å². The van der Waals surface area contributed by atoms with E-state index >= 15 is 0 Å². The van der Waals surface area contributed by atoms with E-state index in [-0.39, 0.29) is 5.91 Å². The number of nitrogens with one attached hydrogen (secondary N) is 1. The van der Waals surface area contributed by atoms with Gasteiger partial charge in [0.05, 0.1) is 0 Å². The Hall–Kier alpha value is -0.570. The second-order valence-corrected chi connectivity index (χ2v) is 7.68. The van der Waals surface area contributed by atoms with Crippen molar-refractivity contribution in [3.8, 4) is 0 Å². The summed E-state index contributed by atoms with van der Waals surface area (Å²) in [4.78, 5) is 11.0. The number of carbonyl (C=O) groups excluding carboxylic acids is 1. The van der Waals surface area contributed by atoms with Crippen LogP contribution in [-0.4, -0.2) is 5.91 Å². The fraction of sp³-hybridized carbons (Fsp3) is 0.955. The van der Waals surface area contributed by atoms with Gasteiger partial charge in [0.1, 0.15) is 0 Å². The molecule has 0 aromatic carbocycles. The van der Waals surface area contributed by atoms with E-state index in [1.54, 1.807) is 0 Å². The summed E-state index contributed by atoms with van der Waals surface area (Å²) >= 11 is 0. The quantitative estimate of drug-likeness (QED) is 0.109. The molecule has 0 saturated heterocycles. The summed E-state index contributed by atoms with van der Waals surface area (Å²) in [5.74, 6) is 5.02. The van der Waals surface area contributed by atoms with Crippen molar-refractivity contribution in [3.63, 3.8) is 0 Å². The minimum absolute atomic E-state index is 0.0352. The van der Waals surface area contributed by atoms with Crippen LogP contribution in [0.5, 0.6) is 0 Å². The highest BCUT2D eigenvalue weighted by Gasteiger charge is 1.98. The molecule has 0 radical (unpaired) electrons. The van der Waals surface area contributed by atoms with Crippen molar-refractivity contribution in [1.82, 2.24) is 5.43 Å². The molecule has 25 heavy (non-hydrogen) atoms. The highest BCUT2D eigenvalue weighted by Crippen LogP contribution is 2.14. The van der Waals surface area contributed by atoms with Crippen LogP contribution in [0.4, 0.5) is 0 Å². The van der Waals surface area contributed by atoms with E-state index in [4.69, 9.17) is 5.84 Å². The van der Waals surface area contributed by atoms with Gasteiger partial charge in [0, 0.05) is 6.42 Å². The van der Waals surface area contributed by atoms with E-state index < -0.39 is 0 Å². The number of hydrazine groups is 1. The van der Waals surface area contributed by atoms with Gasteiger partial charge in [-0.2, -0.15) is 0 Å². The predicted octanol–water partition coefficient (Wildman–Crippen LogP) is 6.80. The fourth-order valence-electron chi connectivity index (χ4n) is 3.44. The second kappa shape index (κ2) is 21.5. The van der Waals surface area contributed by atoms with Gasteiger partial charge in [-0.05, 0) is 6.42 Å². The summed E-state index contributed by atoms with van der Waals surface area (Å²) in [6, 6.07) is 0. The molecule has 0 aliphatic heterocycles. The van der Waals surface area contributed by atoms with Gasteiger partial charge < -0.3 is 0 Å². The lowest BCUT2D eigenvalue weighted by Gasteiger charge is -2.04. The monoisotopic (exact) mass is 354 g/mol. The molecular formula is C22H46N2O. The first-order valence-electron chi connectivity index (χ1n) is 11.3. The van der Waals surface area contributed by atoms with E-state index in [0.29, 0.717) is 6.42 Å². The van der Waals surface area contributed by atoms with Gasteiger partial charge >= 0.3 is 0 Å². The van der Waals surface area contributed by atoms with Crippen LogP contribution in [0, 0.1) is 0 Å². The molecule has 1 amide bonds. The lowest BCUT2D eigenvalue weighted by molar-refractivity contribution is -0.121. The molecule has 150 valence electrons. The van der Waals surface area contributed by atoms with Crippen LogP contribution in [-0.2, 0) is 4.79 Å². The number of hydrogen-bond acceptors (Lipinski definition) is 2. The van der Waals surface area contributed by atoms with Crippen LogP contribution in [0.1, 0.15) is 135 Å². The van der Waals surface area contributed by atoms with E-state index in [2.05, 4.69) is 12.3 Å². The van der Waals surface area contributed by atoms with Gasteiger partial charge in [-0.1, -0.05) is 122 Å². The molecular weight excluding hydrogens is 308 g/mol. The first kappa shape index (κ1) is 24.4. The number of amides is 1. The Morgan fingerprint density at radius 3 is 1.12 bits per heavy atom. The van der Waals surface area contributed by atoms with Gasteiger partial charge in [-0.25, -0.2) is 5.84 Å². The molecule has 3 nitrogen and oxygen atoms in total. The third-order valence-electron chi connectivity index (χ3n) is 5.17. The fourth-order valence-corrected chi connectivity index (χ4v) is 3.44. The zero-order valence-electron chi connectivity index (χ0n) is 17.1. The molecule has 0 rings (SSSR count). The molecule has 3 heteroatoms. The third-order valence-corrected chi connectivity index (χ3v) is 5.17. The van der Waals surface area contributed by atoms with E-state index in [1.807, 2.05) is 0 Å². The molecule has 0 heterocycles. The average Bonchev–Trinajstić information content (AvgIpc) is 2.63.